The van der Waals surface area contributed by atoms with Crippen molar-refractivity contribution < 1.29 is 101 Å². The van der Waals surface area contributed by atoms with Crippen LogP contribution < -0.4 is 0 Å². The van der Waals surface area contributed by atoms with Gasteiger partial charge in [-0.2, -0.15) is 83.4 Å². The lowest BCUT2D eigenvalue weighted by Crippen LogP contribution is -2.75. The Kier molecular flexibility index (Phi) is 11.9. The Hall–Kier alpha value is -2.39. The Bertz CT molecular complexity index is 1430. The van der Waals surface area contributed by atoms with Gasteiger partial charge in [0.2, 0.25) is 0 Å². The van der Waals surface area contributed by atoms with Gasteiger partial charge in [0.25, 0.3) is 0 Å². The highest BCUT2D eigenvalue weighted by Crippen LogP contribution is 2.66. The zero-order valence-electron chi connectivity index (χ0n) is 26.6. The number of halogens is 23. The lowest BCUT2D eigenvalue weighted by molar-refractivity contribution is -0.469. The van der Waals surface area contributed by atoms with Crippen molar-refractivity contribution in [3.63, 3.8) is 0 Å². The molecule has 53 heavy (non-hydrogen) atoms. The van der Waals surface area contributed by atoms with E-state index in [4.69, 9.17) is 0 Å². The highest BCUT2D eigenvalue weighted by Gasteiger charge is 2.97. The van der Waals surface area contributed by atoms with E-state index < -0.39 is 93.9 Å². The summed E-state index contributed by atoms with van der Waals surface area (Å²) in [5.74, 6) is -85.3. The predicted molar refractivity (Wildman–Crippen MR) is 136 cm³/mol. The molecule has 2 fully saturated rings. The van der Waals surface area contributed by atoms with Crippen molar-refractivity contribution in [2.24, 2.45) is 17.8 Å². The number of hydrogen-bond acceptors (Lipinski definition) is 0. The molecule has 0 radical (unpaired) electrons. The van der Waals surface area contributed by atoms with Crippen LogP contribution >= 0.6 is 0 Å². The molecule has 0 unspecified atom stereocenters. The first-order valence-corrected chi connectivity index (χ1v) is 15.6. The molecule has 1 aromatic rings. The van der Waals surface area contributed by atoms with E-state index >= 15 is 8.78 Å². The first-order chi connectivity index (χ1) is 23.6. The molecule has 2 aliphatic rings. The summed E-state index contributed by atoms with van der Waals surface area (Å²) in [6.07, 6.45) is -3.27. The minimum atomic E-state index is -9.27. The van der Waals surface area contributed by atoms with Crippen LogP contribution in [0, 0.1) is 41.0 Å². The average molecular weight is 824 g/mol. The molecule has 0 heterocycles. The highest BCUT2D eigenvalue weighted by molar-refractivity contribution is 5.37. The van der Waals surface area contributed by atoms with Gasteiger partial charge in [0.05, 0.1) is 0 Å². The van der Waals surface area contributed by atoms with Crippen LogP contribution in [0.3, 0.4) is 0 Å². The maximum Gasteiger partial charge on any atom is 0.460 e. The molecule has 3 rings (SSSR count). The summed E-state index contributed by atoms with van der Waals surface area (Å²) in [7, 11) is 0. The Morgan fingerprint density at radius 1 is 0.415 bits per heavy atom. The molecule has 0 amide bonds. The van der Waals surface area contributed by atoms with Crippen LogP contribution in [0.25, 0.3) is 0 Å². The van der Waals surface area contributed by atoms with Crippen LogP contribution in [0.1, 0.15) is 88.2 Å². The Morgan fingerprint density at radius 3 is 1.08 bits per heavy atom. The van der Waals surface area contributed by atoms with Gasteiger partial charge in [0.1, 0.15) is 5.56 Å². The van der Waals surface area contributed by atoms with Crippen molar-refractivity contribution in [2.45, 2.75) is 131 Å². The summed E-state index contributed by atoms with van der Waals surface area (Å²) >= 11 is 0. The second-order valence-electron chi connectivity index (χ2n) is 13.3. The molecule has 1 aromatic carbocycles. The van der Waals surface area contributed by atoms with Crippen molar-refractivity contribution in [2.75, 3.05) is 0 Å². The second-order valence-corrected chi connectivity index (χ2v) is 13.3. The summed E-state index contributed by atoms with van der Waals surface area (Å²) in [6.45, 7) is 1.99. The van der Waals surface area contributed by atoms with Crippen LogP contribution in [0.5, 0.6) is 0 Å². The molecule has 0 aromatic heterocycles. The monoisotopic (exact) mass is 824 g/mol. The van der Waals surface area contributed by atoms with Gasteiger partial charge in [-0.05, 0) is 62.2 Å². The van der Waals surface area contributed by atoms with Crippen LogP contribution in [-0.2, 0) is 5.92 Å². The van der Waals surface area contributed by atoms with Crippen molar-refractivity contribution in [1.82, 2.24) is 0 Å². The van der Waals surface area contributed by atoms with E-state index in [1.165, 1.54) is 0 Å². The van der Waals surface area contributed by atoms with E-state index in [9.17, 15) is 92.2 Å². The van der Waals surface area contributed by atoms with Gasteiger partial charge in [-0.15, -0.1) is 0 Å². The molecule has 0 bridgehead atoms. The SMILES string of the molecule is CCCC1CCC(C2CCC(c3c(F)c(F)c(C(F)(F)C(F)(F)C(F)(F)C(F)(F)C(F)(F)C(F)(F)C(F)(F)C(F)(F)C(F)(F)F)c(F)c3F)CC2)CC1. The molecule has 0 N–H and O–H groups in total. The van der Waals surface area contributed by atoms with Gasteiger partial charge in [0, 0.05) is 5.56 Å². The van der Waals surface area contributed by atoms with Gasteiger partial charge >= 0.3 is 53.6 Å². The highest BCUT2D eigenvalue weighted by atomic mass is 19.4. The zero-order valence-corrected chi connectivity index (χ0v) is 26.6. The van der Waals surface area contributed by atoms with Gasteiger partial charge in [-0.3, -0.25) is 0 Å². The fraction of sp³-hybridized carbons (Fsp3) is 0.800. The maximum absolute atomic E-state index is 15.0. The Balaban J connectivity index is 2.01. The number of hydrogen-bond donors (Lipinski definition) is 0. The summed E-state index contributed by atoms with van der Waals surface area (Å²) in [6, 6.07) is 0. The minimum Gasteiger partial charge on any atom is -0.203 e. The first-order valence-electron chi connectivity index (χ1n) is 15.6. The van der Waals surface area contributed by atoms with Crippen molar-refractivity contribution >= 4 is 0 Å². The molecule has 0 saturated heterocycles. The van der Waals surface area contributed by atoms with Crippen molar-refractivity contribution in [3.05, 3.63) is 34.4 Å². The molecule has 2 aliphatic carbocycles. The lowest BCUT2D eigenvalue weighted by atomic mass is 9.68. The average Bonchev–Trinajstić information content (AvgIpc) is 3.03. The molecule has 23 heteroatoms. The summed E-state index contributed by atoms with van der Waals surface area (Å²) in [5.41, 5.74) is -5.96. The van der Waals surface area contributed by atoms with E-state index in [0.29, 0.717) is 5.92 Å². The zero-order chi connectivity index (χ0) is 41.3. The van der Waals surface area contributed by atoms with Crippen LogP contribution in [0.15, 0.2) is 0 Å². The summed E-state index contributed by atoms with van der Waals surface area (Å²) in [4.78, 5) is 0. The molecular weight excluding hydrogens is 797 g/mol. The molecule has 308 valence electrons. The largest absolute Gasteiger partial charge is 0.460 e. The maximum atomic E-state index is 15.0. The van der Waals surface area contributed by atoms with Gasteiger partial charge in [-0.25, -0.2) is 17.6 Å². The second kappa shape index (κ2) is 14.0. The third kappa shape index (κ3) is 6.59. The Morgan fingerprint density at radius 2 is 0.736 bits per heavy atom. The van der Waals surface area contributed by atoms with Gasteiger partial charge < -0.3 is 0 Å². The van der Waals surface area contributed by atoms with Crippen LogP contribution in [-0.4, -0.2) is 47.6 Å². The standard InChI is InChI=1S/C30H27F23/c1-2-3-12-4-6-13(7-5-12)14-8-10-15(11-9-14)16-18(31)20(33)17(21(34)19(16)32)22(35,36)23(37,38)24(39,40)25(41,42)26(43,44)27(45,46)28(47,48)29(49,50)30(51,52)53/h12-15H,2-11H2,1H3. The fourth-order valence-electron chi connectivity index (χ4n) is 7.04. The molecule has 0 atom stereocenters. The summed E-state index contributed by atoms with van der Waals surface area (Å²) in [5, 5.41) is 0. The smallest absolute Gasteiger partial charge is 0.203 e. The molecule has 0 nitrogen and oxygen atoms in total. The van der Waals surface area contributed by atoms with Crippen LogP contribution in [0.4, 0.5) is 101 Å². The number of alkyl halides is 19. The van der Waals surface area contributed by atoms with Gasteiger partial charge in [-0.1, -0.05) is 32.6 Å². The lowest BCUT2D eigenvalue weighted by Gasteiger charge is -2.43. The first kappa shape index (κ1) is 45.0. The van der Waals surface area contributed by atoms with E-state index in [2.05, 4.69) is 0 Å². The third-order valence-electron chi connectivity index (χ3n) is 10.2. The third-order valence-corrected chi connectivity index (χ3v) is 10.2. The quantitative estimate of drug-likeness (QED) is 0.146. The van der Waals surface area contributed by atoms with E-state index in [-0.39, 0.29) is 37.5 Å². The van der Waals surface area contributed by atoms with E-state index in [1.807, 2.05) is 6.92 Å². The molecular formula is C30H27F23. The normalized spacial score (nSPS) is 23.8. The minimum absolute atomic E-state index is 0.0917. The van der Waals surface area contributed by atoms with Crippen LogP contribution in [0.2, 0.25) is 0 Å². The number of benzene rings is 1. The fourth-order valence-corrected chi connectivity index (χ4v) is 7.04. The Labute approximate surface area is 284 Å². The van der Waals surface area contributed by atoms with Crippen molar-refractivity contribution in [3.8, 4) is 0 Å². The predicted octanol–water partition coefficient (Wildman–Crippen LogP) is 13.2. The summed E-state index contributed by atoms with van der Waals surface area (Å²) < 4.78 is 320. The molecule has 0 spiro atoms. The van der Waals surface area contributed by atoms with Gasteiger partial charge in [0.15, 0.2) is 23.3 Å². The molecule has 0 aliphatic heterocycles. The molecule has 2 saturated carbocycles. The topological polar surface area (TPSA) is 0 Å². The van der Waals surface area contributed by atoms with E-state index in [0.717, 1.165) is 38.5 Å². The number of rotatable bonds is 12. The van der Waals surface area contributed by atoms with Crippen molar-refractivity contribution in [1.29, 1.82) is 0 Å². The van der Waals surface area contributed by atoms with E-state index in [1.54, 1.807) is 0 Å².